The van der Waals surface area contributed by atoms with Crippen LogP contribution in [0.2, 0.25) is 5.02 Å². The van der Waals surface area contributed by atoms with Crippen LogP contribution in [-0.2, 0) is 0 Å². The average Bonchev–Trinajstić information content (AvgIpc) is 2.46. The zero-order valence-corrected chi connectivity index (χ0v) is 12.1. The Kier molecular flexibility index (Phi) is 3.70. The van der Waals surface area contributed by atoms with Crippen LogP contribution >= 0.6 is 11.6 Å². The molecule has 1 aromatic carbocycles. The first-order chi connectivity index (χ1) is 9.65. The van der Waals surface area contributed by atoms with Crippen molar-refractivity contribution in [1.82, 2.24) is 0 Å². The normalized spacial score (nSPS) is 18.9. The zero-order valence-electron chi connectivity index (χ0n) is 11.4. The maximum Gasteiger partial charge on any atom is 0.337 e. The standard InChI is InChI=1S/C16H18ClNO2/c17-13-5-6-15(14(9-13)16(19)20)18-8-7-11-3-1-2-4-12(11)10-18/h5-6,9H,1-4,7-8,10H2,(H,19,20). The molecule has 1 aliphatic carbocycles. The van der Waals surface area contributed by atoms with Crippen LogP contribution in [0.1, 0.15) is 42.5 Å². The van der Waals surface area contributed by atoms with E-state index in [1.807, 2.05) is 6.07 Å². The second-order valence-electron chi connectivity index (χ2n) is 5.55. The number of carboxylic acids is 1. The van der Waals surface area contributed by atoms with Crippen LogP contribution < -0.4 is 4.90 Å². The minimum atomic E-state index is -0.911. The first-order valence-corrected chi connectivity index (χ1v) is 7.50. The lowest BCUT2D eigenvalue weighted by atomic mass is 9.87. The van der Waals surface area contributed by atoms with Gasteiger partial charge in [0.15, 0.2) is 0 Å². The highest BCUT2D eigenvalue weighted by Gasteiger charge is 2.24. The zero-order chi connectivity index (χ0) is 14.1. The smallest absolute Gasteiger partial charge is 0.337 e. The summed E-state index contributed by atoms with van der Waals surface area (Å²) in [7, 11) is 0. The molecule has 0 spiro atoms. The third-order valence-electron chi connectivity index (χ3n) is 4.30. The summed E-state index contributed by atoms with van der Waals surface area (Å²) in [6.45, 7) is 1.78. The molecule has 0 atom stereocenters. The Hall–Kier alpha value is -1.48. The van der Waals surface area contributed by atoms with E-state index in [4.69, 9.17) is 11.6 Å². The maximum atomic E-state index is 11.4. The minimum absolute atomic E-state index is 0.303. The number of hydrogen-bond acceptors (Lipinski definition) is 2. The van der Waals surface area contributed by atoms with Gasteiger partial charge in [0.25, 0.3) is 0 Å². The molecular weight excluding hydrogens is 274 g/mol. The molecule has 3 nitrogen and oxygen atoms in total. The molecule has 1 heterocycles. The summed E-state index contributed by atoms with van der Waals surface area (Å²) in [5, 5.41) is 9.83. The molecule has 2 aliphatic rings. The molecule has 1 aliphatic heterocycles. The van der Waals surface area contributed by atoms with Crippen molar-refractivity contribution in [2.75, 3.05) is 18.0 Å². The SMILES string of the molecule is O=C(O)c1cc(Cl)ccc1N1CCC2=C(CCCC2)C1. The summed E-state index contributed by atoms with van der Waals surface area (Å²) in [4.78, 5) is 13.6. The van der Waals surface area contributed by atoms with Crippen LogP contribution in [0.4, 0.5) is 5.69 Å². The highest BCUT2D eigenvalue weighted by atomic mass is 35.5. The number of halogens is 1. The number of hydrogen-bond donors (Lipinski definition) is 1. The molecule has 4 heteroatoms. The Morgan fingerprint density at radius 2 is 1.90 bits per heavy atom. The van der Waals surface area contributed by atoms with E-state index in [1.165, 1.54) is 31.3 Å². The van der Waals surface area contributed by atoms with Gasteiger partial charge in [0, 0.05) is 18.1 Å². The molecule has 0 fully saturated rings. The maximum absolute atomic E-state index is 11.4. The lowest BCUT2D eigenvalue weighted by Crippen LogP contribution is -2.33. The number of anilines is 1. The number of rotatable bonds is 2. The van der Waals surface area contributed by atoms with E-state index in [1.54, 1.807) is 17.7 Å². The number of nitrogens with zero attached hydrogens (tertiary/aromatic N) is 1. The average molecular weight is 292 g/mol. The fourth-order valence-electron chi connectivity index (χ4n) is 3.26. The summed E-state index contributed by atoms with van der Waals surface area (Å²) in [5.41, 5.74) is 4.23. The molecule has 0 aromatic heterocycles. The summed E-state index contributed by atoms with van der Waals surface area (Å²) in [5.74, 6) is -0.911. The molecule has 0 saturated carbocycles. The van der Waals surface area contributed by atoms with E-state index in [9.17, 15) is 9.90 Å². The number of carbonyl (C=O) groups is 1. The van der Waals surface area contributed by atoms with Crippen LogP contribution in [-0.4, -0.2) is 24.2 Å². The Balaban J connectivity index is 1.91. The molecule has 0 saturated heterocycles. The van der Waals surface area contributed by atoms with Gasteiger partial charge >= 0.3 is 5.97 Å². The van der Waals surface area contributed by atoms with Gasteiger partial charge < -0.3 is 10.0 Å². The van der Waals surface area contributed by atoms with Crippen LogP contribution in [0, 0.1) is 0 Å². The lowest BCUT2D eigenvalue weighted by Gasteiger charge is -2.35. The predicted octanol–water partition coefficient (Wildman–Crippen LogP) is 4.12. The Labute approximate surface area is 123 Å². The summed E-state index contributed by atoms with van der Waals surface area (Å²) in [6.07, 6.45) is 6.04. The van der Waals surface area contributed by atoms with Gasteiger partial charge in [-0.3, -0.25) is 0 Å². The van der Waals surface area contributed by atoms with Gasteiger partial charge in [-0.15, -0.1) is 0 Å². The molecule has 1 aromatic rings. The van der Waals surface area contributed by atoms with Crippen molar-refractivity contribution >= 4 is 23.3 Å². The monoisotopic (exact) mass is 291 g/mol. The van der Waals surface area contributed by atoms with E-state index in [0.717, 1.165) is 25.2 Å². The quantitative estimate of drug-likeness (QED) is 0.833. The van der Waals surface area contributed by atoms with E-state index < -0.39 is 5.97 Å². The van der Waals surface area contributed by atoms with E-state index >= 15 is 0 Å². The van der Waals surface area contributed by atoms with Crippen molar-refractivity contribution in [1.29, 1.82) is 0 Å². The van der Waals surface area contributed by atoms with Gasteiger partial charge in [0.05, 0.1) is 11.3 Å². The molecule has 106 valence electrons. The first-order valence-electron chi connectivity index (χ1n) is 7.13. The van der Waals surface area contributed by atoms with Gasteiger partial charge in [-0.2, -0.15) is 0 Å². The Morgan fingerprint density at radius 3 is 2.65 bits per heavy atom. The van der Waals surface area contributed by atoms with Gasteiger partial charge in [-0.25, -0.2) is 4.79 Å². The van der Waals surface area contributed by atoms with Crippen molar-refractivity contribution in [3.05, 3.63) is 39.9 Å². The molecule has 0 amide bonds. The van der Waals surface area contributed by atoms with Crippen LogP contribution in [0.5, 0.6) is 0 Å². The van der Waals surface area contributed by atoms with Gasteiger partial charge in [-0.05, 0) is 50.3 Å². The number of benzene rings is 1. The number of aromatic carboxylic acids is 1. The second-order valence-corrected chi connectivity index (χ2v) is 5.99. The fraction of sp³-hybridized carbons (Fsp3) is 0.438. The van der Waals surface area contributed by atoms with Gasteiger partial charge in [0.2, 0.25) is 0 Å². The number of carboxylic acid groups (broad SMARTS) is 1. The second kappa shape index (κ2) is 5.49. The molecule has 0 bridgehead atoms. The van der Waals surface area contributed by atoms with Crippen molar-refractivity contribution < 1.29 is 9.90 Å². The molecule has 0 radical (unpaired) electrons. The van der Waals surface area contributed by atoms with Crippen molar-refractivity contribution in [3.63, 3.8) is 0 Å². The van der Waals surface area contributed by atoms with Crippen LogP contribution in [0.3, 0.4) is 0 Å². The highest BCUT2D eigenvalue weighted by Crippen LogP contribution is 2.34. The van der Waals surface area contributed by atoms with Crippen molar-refractivity contribution in [3.8, 4) is 0 Å². The minimum Gasteiger partial charge on any atom is -0.478 e. The van der Waals surface area contributed by atoms with Gasteiger partial charge in [-0.1, -0.05) is 22.7 Å². The van der Waals surface area contributed by atoms with Crippen molar-refractivity contribution in [2.45, 2.75) is 32.1 Å². The van der Waals surface area contributed by atoms with Crippen molar-refractivity contribution in [2.24, 2.45) is 0 Å². The summed E-state index contributed by atoms with van der Waals surface area (Å²) < 4.78 is 0. The first kappa shape index (κ1) is 13.5. The van der Waals surface area contributed by atoms with E-state index in [0.29, 0.717) is 10.6 Å². The third kappa shape index (κ3) is 2.55. The molecular formula is C16H18ClNO2. The van der Waals surface area contributed by atoms with Crippen LogP contribution in [0.25, 0.3) is 0 Å². The van der Waals surface area contributed by atoms with Crippen LogP contribution in [0.15, 0.2) is 29.3 Å². The molecule has 1 N–H and O–H groups in total. The summed E-state index contributed by atoms with van der Waals surface area (Å²) >= 11 is 5.92. The lowest BCUT2D eigenvalue weighted by molar-refractivity contribution is 0.0697. The summed E-state index contributed by atoms with van der Waals surface area (Å²) in [6, 6.07) is 5.15. The molecule has 20 heavy (non-hydrogen) atoms. The third-order valence-corrected chi connectivity index (χ3v) is 4.54. The largest absolute Gasteiger partial charge is 0.478 e. The van der Waals surface area contributed by atoms with E-state index in [-0.39, 0.29) is 0 Å². The molecule has 0 unspecified atom stereocenters. The fourth-order valence-corrected chi connectivity index (χ4v) is 3.44. The molecule has 3 rings (SSSR count). The Bertz CT molecular complexity index is 580. The highest BCUT2D eigenvalue weighted by molar-refractivity contribution is 6.31. The van der Waals surface area contributed by atoms with E-state index in [2.05, 4.69) is 4.90 Å². The Morgan fingerprint density at radius 1 is 1.15 bits per heavy atom. The van der Waals surface area contributed by atoms with Gasteiger partial charge in [0.1, 0.15) is 0 Å². The topological polar surface area (TPSA) is 40.5 Å². The predicted molar refractivity (Wildman–Crippen MR) is 80.7 cm³/mol.